The molecule has 0 aliphatic rings. The molecule has 0 spiro atoms. The average Bonchev–Trinajstić information content (AvgIpc) is 2.40. The van der Waals surface area contributed by atoms with Crippen LogP contribution in [0.1, 0.15) is 0 Å². The van der Waals surface area contributed by atoms with E-state index in [1.807, 2.05) is 24.3 Å². The summed E-state index contributed by atoms with van der Waals surface area (Å²) in [7, 11) is 0. The molecule has 0 radical (unpaired) electrons. The number of hydrogen-bond donors (Lipinski definition) is 1. The van der Waals surface area contributed by atoms with Crippen LogP contribution in [0.5, 0.6) is 0 Å². The molecule has 106 valence electrons. The highest BCUT2D eigenvalue weighted by Gasteiger charge is 2.13. The number of aromatic nitrogens is 2. The number of nitrogens with two attached hydrogens (primary N) is 1. The van der Waals surface area contributed by atoms with Crippen molar-refractivity contribution in [2.24, 2.45) is 0 Å². The van der Waals surface area contributed by atoms with Crippen molar-refractivity contribution in [1.29, 1.82) is 0 Å². The van der Waals surface area contributed by atoms with Gasteiger partial charge in [0.25, 0.3) is 0 Å². The van der Waals surface area contributed by atoms with Gasteiger partial charge in [0.15, 0.2) is 5.82 Å². The van der Waals surface area contributed by atoms with E-state index in [9.17, 15) is 0 Å². The molecule has 3 rings (SSSR count). The van der Waals surface area contributed by atoms with E-state index in [0.717, 1.165) is 29.9 Å². The number of benzene rings is 2. The molecule has 2 N–H and O–H groups in total. The quantitative estimate of drug-likeness (QED) is 0.466. The van der Waals surface area contributed by atoms with Gasteiger partial charge in [0, 0.05) is 24.4 Å². The zero-order valence-electron chi connectivity index (χ0n) is 10.4. The lowest BCUT2D eigenvalue weighted by molar-refractivity contribution is 1.23. The third kappa shape index (κ3) is 2.95. The average molecular weight is 492 g/mol. The molecular formula is C14H7Br3ClN3. The van der Waals surface area contributed by atoms with Crippen LogP contribution in [0.2, 0.25) is 5.02 Å². The second-order valence-electron chi connectivity index (χ2n) is 4.34. The summed E-state index contributed by atoms with van der Waals surface area (Å²) in [5, 5.41) is 1.35. The van der Waals surface area contributed by atoms with Gasteiger partial charge < -0.3 is 5.73 Å². The lowest BCUT2D eigenvalue weighted by atomic mass is 10.2. The van der Waals surface area contributed by atoms with Crippen molar-refractivity contribution in [3.8, 4) is 11.4 Å². The van der Waals surface area contributed by atoms with Crippen molar-refractivity contribution in [3.05, 3.63) is 48.8 Å². The van der Waals surface area contributed by atoms with Gasteiger partial charge in [-0.3, -0.25) is 0 Å². The van der Waals surface area contributed by atoms with Crippen LogP contribution >= 0.6 is 59.4 Å². The summed E-state index contributed by atoms with van der Waals surface area (Å²) in [6, 6.07) is 9.36. The predicted octanol–water partition coefficient (Wildman–Crippen LogP) is 5.82. The maximum atomic E-state index is 6.26. The number of halogens is 4. The second-order valence-corrected chi connectivity index (χ2v) is 7.43. The first-order valence-corrected chi connectivity index (χ1v) is 8.59. The Hall–Kier alpha value is -0.690. The largest absolute Gasteiger partial charge is 0.383 e. The Labute approximate surface area is 151 Å². The molecule has 0 saturated carbocycles. The van der Waals surface area contributed by atoms with Gasteiger partial charge in [-0.15, -0.1) is 0 Å². The van der Waals surface area contributed by atoms with Crippen LogP contribution in [0.25, 0.3) is 22.3 Å². The highest BCUT2D eigenvalue weighted by Crippen LogP contribution is 2.34. The van der Waals surface area contributed by atoms with Gasteiger partial charge in [-0.1, -0.05) is 43.5 Å². The normalized spacial score (nSPS) is 11.0. The first kappa shape index (κ1) is 15.2. The topological polar surface area (TPSA) is 51.8 Å². The van der Waals surface area contributed by atoms with Crippen molar-refractivity contribution in [2.75, 3.05) is 5.73 Å². The molecule has 21 heavy (non-hydrogen) atoms. The summed E-state index contributed by atoms with van der Waals surface area (Å²) in [5.74, 6) is 0.913. The van der Waals surface area contributed by atoms with Gasteiger partial charge in [0.2, 0.25) is 0 Å². The fraction of sp³-hybridized carbons (Fsp3) is 0. The van der Waals surface area contributed by atoms with E-state index in [4.69, 9.17) is 17.3 Å². The van der Waals surface area contributed by atoms with Crippen molar-refractivity contribution in [1.82, 2.24) is 9.97 Å². The van der Waals surface area contributed by atoms with Crippen molar-refractivity contribution in [3.63, 3.8) is 0 Å². The molecule has 0 fully saturated rings. The second kappa shape index (κ2) is 5.83. The molecule has 7 heteroatoms. The van der Waals surface area contributed by atoms with E-state index < -0.39 is 0 Å². The van der Waals surface area contributed by atoms with E-state index in [2.05, 4.69) is 57.8 Å². The zero-order valence-corrected chi connectivity index (χ0v) is 15.9. The van der Waals surface area contributed by atoms with E-state index in [-0.39, 0.29) is 0 Å². The maximum Gasteiger partial charge on any atom is 0.163 e. The smallest absolute Gasteiger partial charge is 0.163 e. The van der Waals surface area contributed by atoms with Crippen LogP contribution in [0.3, 0.4) is 0 Å². The highest BCUT2D eigenvalue weighted by atomic mass is 79.9. The molecule has 0 bridgehead atoms. The zero-order chi connectivity index (χ0) is 15.1. The van der Waals surface area contributed by atoms with Crippen molar-refractivity contribution in [2.45, 2.75) is 0 Å². The molecule has 3 aromatic rings. The summed E-state index contributed by atoms with van der Waals surface area (Å²) in [6.07, 6.45) is 0. The van der Waals surface area contributed by atoms with Gasteiger partial charge in [-0.25, -0.2) is 9.97 Å². The molecule has 2 aromatic carbocycles. The van der Waals surface area contributed by atoms with Crippen LogP contribution in [0, 0.1) is 0 Å². The number of fused-ring (bicyclic) bond motifs is 1. The Morgan fingerprint density at radius 1 is 0.952 bits per heavy atom. The molecule has 0 aliphatic heterocycles. The molecule has 0 unspecified atom stereocenters. The third-order valence-corrected chi connectivity index (χ3v) is 4.79. The van der Waals surface area contributed by atoms with Gasteiger partial charge in [-0.2, -0.15) is 0 Å². The Bertz CT molecular complexity index is 868. The maximum absolute atomic E-state index is 6.26. The Kier molecular flexibility index (Phi) is 4.23. The SMILES string of the molecule is Nc1nc(-c2ccc(Br)cc2Cl)nc2c(Br)cc(Br)cc12. The molecule has 1 heterocycles. The van der Waals surface area contributed by atoms with E-state index in [1.165, 1.54) is 0 Å². The summed E-state index contributed by atoms with van der Waals surface area (Å²) in [6.45, 7) is 0. The molecule has 0 saturated heterocycles. The minimum Gasteiger partial charge on any atom is -0.383 e. The number of nitrogens with zero attached hydrogens (tertiary/aromatic N) is 2. The van der Waals surface area contributed by atoms with Crippen molar-refractivity contribution < 1.29 is 0 Å². The lowest BCUT2D eigenvalue weighted by Gasteiger charge is -2.09. The summed E-state index contributed by atoms with van der Waals surface area (Å²) >= 11 is 16.6. The van der Waals surface area contributed by atoms with Gasteiger partial charge in [0.1, 0.15) is 5.82 Å². The minimum absolute atomic E-state index is 0.413. The molecule has 1 aromatic heterocycles. The van der Waals surface area contributed by atoms with Crippen LogP contribution < -0.4 is 5.73 Å². The van der Waals surface area contributed by atoms with Gasteiger partial charge in [0.05, 0.1) is 10.5 Å². The number of hydrogen-bond acceptors (Lipinski definition) is 3. The Balaban J connectivity index is 2.30. The Morgan fingerprint density at radius 3 is 2.43 bits per heavy atom. The number of nitrogen functional groups attached to an aromatic ring is 1. The molecule has 3 nitrogen and oxygen atoms in total. The third-order valence-electron chi connectivity index (χ3n) is 2.92. The summed E-state index contributed by atoms with van der Waals surface area (Å²) < 4.78 is 2.65. The number of anilines is 1. The molecule has 0 amide bonds. The minimum atomic E-state index is 0.413. The lowest BCUT2D eigenvalue weighted by Crippen LogP contribution is -1.99. The molecule has 0 atom stereocenters. The first-order valence-electron chi connectivity index (χ1n) is 5.83. The number of rotatable bonds is 1. The van der Waals surface area contributed by atoms with Gasteiger partial charge >= 0.3 is 0 Å². The first-order chi connectivity index (χ1) is 9.95. The highest BCUT2D eigenvalue weighted by molar-refractivity contribution is 9.11. The molecule has 0 aliphatic carbocycles. The van der Waals surface area contributed by atoms with Crippen molar-refractivity contribution >= 4 is 76.1 Å². The fourth-order valence-electron chi connectivity index (χ4n) is 1.97. The van der Waals surface area contributed by atoms with E-state index in [1.54, 1.807) is 6.07 Å². The van der Waals surface area contributed by atoms with Crippen LogP contribution in [-0.4, -0.2) is 9.97 Å². The predicted molar refractivity (Wildman–Crippen MR) is 97.5 cm³/mol. The summed E-state index contributed by atoms with van der Waals surface area (Å²) in [5.41, 5.74) is 7.56. The van der Waals surface area contributed by atoms with Gasteiger partial charge in [-0.05, 0) is 46.3 Å². The molecular weight excluding hydrogens is 485 g/mol. The van der Waals surface area contributed by atoms with E-state index in [0.29, 0.717) is 16.7 Å². The van der Waals surface area contributed by atoms with Crippen LogP contribution in [0.4, 0.5) is 5.82 Å². The van der Waals surface area contributed by atoms with E-state index >= 15 is 0 Å². The Morgan fingerprint density at radius 2 is 1.71 bits per heavy atom. The monoisotopic (exact) mass is 489 g/mol. The van der Waals surface area contributed by atoms with Crippen LogP contribution in [0.15, 0.2) is 43.7 Å². The fourth-order valence-corrected chi connectivity index (χ4v) is 4.04. The standard InChI is InChI=1S/C14H7Br3ClN3/c15-6-1-2-8(11(18)5-6)14-20-12-9(13(19)21-14)3-7(16)4-10(12)17/h1-5H,(H2,19,20,21). The van der Waals surface area contributed by atoms with Crippen LogP contribution in [-0.2, 0) is 0 Å². The summed E-state index contributed by atoms with van der Waals surface area (Å²) in [4.78, 5) is 8.95.